The van der Waals surface area contributed by atoms with Gasteiger partial charge >= 0.3 is 0 Å². The molecule has 5 heteroatoms. The summed E-state index contributed by atoms with van der Waals surface area (Å²) in [7, 11) is 2.03. The molecule has 0 aliphatic rings. The van der Waals surface area contributed by atoms with Gasteiger partial charge in [0.2, 0.25) is 0 Å². The minimum atomic E-state index is 0.0729. The Hall–Kier alpha value is -1.34. The highest BCUT2D eigenvalue weighted by Gasteiger charge is 2.19. The highest BCUT2D eigenvalue weighted by molar-refractivity contribution is 14.1. The number of anilines is 1. The van der Waals surface area contributed by atoms with E-state index in [1.54, 1.807) is 11.3 Å². The summed E-state index contributed by atoms with van der Waals surface area (Å²) in [5, 5.41) is 5.75. The van der Waals surface area contributed by atoms with E-state index in [1.165, 1.54) is 14.0 Å². The van der Waals surface area contributed by atoms with Crippen molar-refractivity contribution in [3.63, 3.8) is 0 Å². The third-order valence-electron chi connectivity index (χ3n) is 3.43. The first-order valence-electron chi connectivity index (χ1n) is 6.68. The van der Waals surface area contributed by atoms with Gasteiger partial charge in [-0.25, -0.2) is 4.98 Å². The fraction of sp³-hybridized carbons (Fsp3) is 0.188. The van der Waals surface area contributed by atoms with Crippen molar-refractivity contribution >= 4 is 39.6 Å². The summed E-state index contributed by atoms with van der Waals surface area (Å²) in [4.78, 5) is 5.79. The second kappa shape index (κ2) is 6.19. The van der Waals surface area contributed by atoms with Crippen molar-refractivity contribution in [3.05, 3.63) is 67.9 Å². The second-order valence-corrected chi connectivity index (χ2v) is 7.17. The molecule has 1 atom stereocenters. The molecule has 2 heterocycles. The predicted molar refractivity (Wildman–Crippen MR) is 96.9 cm³/mol. The quantitative estimate of drug-likeness (QED) is 0.639. The number of rotatable bonds is 4. The van der Waals surface area contributed by atoms with Crippen LogP contribution in [0, 0.1) is 10.5 Å². The number of halogens is 1. The summed E-state index contributed by atoms with van der Waals surface area (Å²) in [5.41, 5.74) is 2.40. The maximum absolute atomic E-state index is 4.52. The van der Waals surface area contributed by atoms with Crippen LogP contribution >= 0.6 is 33.9 Å². The maximum atomic E-state index is 4.52. The molecule has 0 fully saturated rings. The number of aromatic nitrogens is 2. The van der Waals surface area contributed by atoms with Crippen molar-refractivity contribution in [1.29, 1.82) is 0 Å². The van der Waals surface area contributed by atoms with Gasteiger partial charge in [0.1, 0.15) is 11.9 Å². The van der Waals surface area contributed by atoms with Gasteiger partial charge in [0.15, 0.2) is 0 Å². The summed E-state index contributed by atoms with van der Waals surface area (Å²) in [5.74, 6) is 1.02. The number of hydrogen-bond donors (Lipinski definition) is 1. The Morgan fingerprint density at radius 2 is 2.19 bits per heavy atom. The number of hydrogen-bond acceptors (Lipinski definition) is 3. The van der Waals surface area contributed by atoms with Crippen molar-refractivity contribution in [2.24, 2.45) is 7.05 Å². The Morgan fingerprint density at radius 3 is 2.81 bits per heavy atom. The summed E-state index contributed by atoms with van der Waals surface area (Å²) < 4.78 is 3.32. The molecule has 0 saturated carbocycles. The van der Waals surface area contributed by atoms with E-state index in [0.717, 1.165) is 11.5 Å². The summed E-state index contributed by atoms with van der Waals surface area (Å²) in [6.45, 7) is 2.13. The first kappa shape index (κ1) is 14.6. The smallest absolute Gasteiger partial charge is 0.136 e. The highest BCUT2D eigenvalue weighted by atomic mass is 127. The number of benzene rings is 1. The lowest BCUT2D eigenvalue weighted by molar-refractivity contribution is 0.756. The zero-order chi connectivity index (χ0) is 14.8. The van der Waals surface area contributed by atoms with Gasteiger partial charge in [0, 0.05) is 33.6 Å². The average Bonchev–Trinajstić information content (AvgIpc) is 3.10. The van der Waals surface area contributed by atoms with E-state index in [2.05, 4.69) is 80.1 Å². The van der Waals surface area contributed by atoms with Crippen LogP contribution in [0.1, 0.15) is 22.3 Å². The predicted octanol–water partition coefficient (Wildman–Crippen LogP) is 4.60. The van der Waals surface area contributed by atoms with Gasteiger partial charge in [-0.1, -0.05) is 6.07 Å². The molecule has 21 heavy (non-hydrogen) atoms. The Balaban J connectivity index is 1.99. The van der Waals surface area contributed by atoms with Gasteiger partial charge < -0.3 is 9.88 Å². The fourth-order valence-electron chi connectivity index (χ4n) is 2.32. The fourth-order valence-corrected chi connectivity index (χ4v) is 3.74. The maximum Gasteiger partial charge on any atom is 0.136 e. The molecule has 1 unspecified atom stereocenters. The average molecular weight is 409 g/mol. The van der Waals surface area contributed by atoms with Crippen LogP contribution in [0.15, 0.2) is 48.1 Å². The molecule has 3 rings (SSSR count). The lowest BCUT2D eigenvalue weighted by atomic mass is 10.1. The van der Waals surface area contributed by atoms with Crippen LogP contribution in [-0.4, -0.2) is 9.55 Å². The van der Waals surface area contributed by atoms with Crippen LogP contribution in [-0.2, 0) is 7.05 Å². The number of aryl methyl sites for hydroxylation is 2. The molecule has 108 valence electrons. The molecule has 1 aromatic carbocycles. The molecule has 0 aliphatic heterocycles. The Morgan fingerprint density at radius 1 is 1.33 bits per heavy atom. The molecule has 0 spiro atoms. The van der Waals surface area contributed by atoms with Crippen LogP contribution in [0.2, 0.25) is 0 Å². The molecule has 0 aliphatic carbocycles. The SMILES string of the molecule is Cc1cc(I)ccc1NC(c1cccs1)c1nccn1C. The molecule has 3 aromatic rings. The molecule has 3 nitrogen and oxygen atoms in total. The molecule has 1 N–H and O–H groups in total. The number of nitrogens with one attached hydrogen (secondary N) is 1. The first-order chi connectivity index (χ1) is 10.1. The van der Waals surface area contributed by atoms with Gasteiger partial charge in [0.05, 0.1) is 0 Å². The van der Waals surface area contributed by atoms with E-state index < -0.39 is 0 Å². The van der Waals surface area contributed by atoms with Crippen LogP contribution in [0.3, 0.4) is 0 Å². The van der Waals surface area contributed by atoms with Gasteiger partial charge in [-0.15, -0.1) is 11.3 Å². The number of nitrogens with zero attached hydrogens (tertiary/aromatic N) is 2. The minimum absolute atomic E-state index is 0.0729. The monoisotopic (exact) mass is 409 g/mol. The topological polar surface area (TPSA) is 29.9 Å². The van der Waals surface area contributed by atoms with Crippen molar-refractivity contribution in [1.82, 2.24) is 9.55 Å². The van der Waals surface area contributed by atoms with Crippen molar-refractivity contribution in [3.8, 4) is 0 Å². The van der Waals surface area contributed by atoms with Crippen LogP contribution in [0.4, 0.5) is 5.69 Å². The summed E-state index contributed by atoms with van der Waals surface area (Å²) in [6.07, 6.45) is 3.83. The van der Waals surface area contributed by atoms with Crippen molar-refractivity contribution in [2.45, 2.75) is 13.0 Å². The standard InChI is InChI=1S/C16H16IN3S/c1-11-10-12(17)5-6-13(11)19-15(14-4-3-9-21-14)16-18-7-8-20(16)2/h3-10,15,19H,1-2H3. The third-order valence-corrected chi connectivity index (χ3v) is 5.04. The molecule has 2 aromatic heterocycles. The van der Waals surface area contributed by atoms with Crippen LogP contribution in [0.5, 0.6) is 0 Å². The molecule has 0 saturated heterocycles. The summed E-state index contributed by atoms with van der Waals surface area (Å²) >= 11 is 4.09. The van der Waals surface area contributed by atoms with Crippen molar-refractivity contribution < 1.29 is 0 Å². The van der Waals surface area contributed by atoms with E-state index in [4.69, 9.17) is 0 Å². The Labute approximate surface area is 142 Å². The lowest BCUT2D eigenvalue weighted by Gasteiger charge is -2.20. The number of imidazole rings is 1. The van der Waals surface area contributed by atoms with Crippen molar-refractivity contribution in [2.75, 3.05) is 5.32 Å². The van der Waals surface area contributed by atoms with E-state index in [9.17, 15) is 0 Å². The lowest BCUT2D eigenvalue weighted by Crippen LogP contribution is -2.16. The highest BCUT2D eigenvalue weighted by Crippen LogP contribution is 2.30. The van der Waals surface area contributed by atoms with E-state index in [0.29, 0.717) is 0 Å². The van der Waals surface area contributed by atoms with Gasteiger partial charge in [-0.2, -0.15) is 0 Å². The summed E-state index contributed by atoms with van der Waals surface area (Å²) in [6, 6.07) is 10.8. The van der Waals surface area contributed by atoms with Crippen LogP contribution < -0.4 is 5.32 Å². The second-order valence-electron chi connectivity index (χ2n) is 4.95. The normalized spacial score (nSPS) is 12.3. The molecule has 0 amide bonds. The van der Waals surface area contributed by atoms with Gasteiger partial charge in [-0.05, 0) is 64.7 Å². The van der Waals surface area contributed by atoms with Gasteiger partial charge in [0.25, 0.3) is 0 Å². The number of thiophene rings is 1. The zero-order valence-corrected chi connectivity index (χ0v) is 14.9. The molecule has 0 radical (unpaired) electrons. The molecular formula is C16H16IN3S. The van der Waals surface area contributed by atoms with E-state index in [1.807, 2.05) is 19.4 Å². The molecule has 0 bridgehead atoms. The Kier molecular flexibility index (Phi) is 4.30. The largest absolute Gasteiger partial charge is 0.371 e. The first-order valence-corrected chi connectivity index (χ1v) is 8.64. The van der Waals surface area contributed by atoms with Crippen LogP contribution in [0.25, 0.3) is 0 Å². The Bertz CT molecular complexity index is 734. The zero-order valence-electron chi connectivity index (χ0n) is 11.9. The third kappa shape index (κ3) is 3.13. The van der Waals surface area contributed by atoms with Gasteiger partial charge in [-0.3, -0.25) is 0 Å². The minimum Gasteiger partial charge on any atom is -0.371 e. The molecular weight excluding hydrogens is 393 g/mol. The van der Waals surface area contributed by atoms with E-state index in [-0.39, 0.29) is 6.04 Å². The van der Waals surface area contributed by atoms with E-state index >= 15 is 0 Å².